The molecule has 56 valence electrons. The second-order valence-electron chi connectivity index (χ2n) is 2.12. The summed E-state index contributed by atoms with van der Waals surface area (Å²) in [6.45, 7) is 0. The van der Waals surface area contributed by atoms with E-state index in [-0.39, 0.29) is 0 Å². The van der Waals surface area contributed by atoms with Gasteiger partial charge in [0.15, 0.2) is 0 Å². The highest BCUT2D eigenvalue weighted by molar-refractivity contribution is 5.27. The zero-order chi connectivity index (χ0) is 7.68. The summed E-state index contributed by atoms with van der Waals surface area (Å²) in [5.41, 5.74) is 5.41. The second-order valence-corrected chi connectivity index (χ2v) is 2.12. The molecule has 3 N–H and O–H groups in total. The Bertz CT molecular complexity index is 333. The summed E-state index contributed by atoms with van der Waals surface area (Å²) < 4.78 is 1.72. The molecule has 0 radical (unpaired) electrons. The molecular formula is C6H7N5. The molecule has 5 nitrogen and oxygen atoms in total. The molecule has 0 saturated carbocycles. The van der Waals surface area contributed by atoms with Gasteiger partial charge in [0.25, 0.3) is 0 Å². The molecular weight excluding hydrogens is 142 g/mol. The van der Waals surface area contributed by atoms with E-state index in [1.165, 1.54) is 0 Å². The van der Waals surface area contributed by atoms with Gasteiger partial charge < -0.3 is 10.7 Å². The van der Waals surface area contributed by atoms with Gasteiger partial charge in [0.2, 0.25) is 5.95 Å². The standard InChI is InChI=1S/C6H7N5/c7-5-3-11(4-10-5)6-8-1-2-9-6/h1-4H,7H2,(H,8,9). The number of imidazole rings is 2. The Morgan fingerprint density at radius 3 is 2.91 bits per heavy atom. The molecule has 0 bridgehead atoms. The van der Waals surface area contributed by atoms with Gasteiger partial charge in [-0.1, -0.05) is 0 Å². The monoisotopic (exact) mass is 149 g/mol. The van der Waals surface area contributed by atoms with E-state index < -0.39 is 0 Å². The first-order valence-electron chi connectivity index (χ1n) is 3.15. The molecule has 2 aromatic heterocycles. The number of nitrogens with two attached hydrogens (primary N) is 1. The molecule has 0 saturated heterocycles. The van der Waals surface area contributed by atoms with Crippen molar-refractivity contribution in [1.82, 2.24) is 19.5 Å². The number of anilines is 1. The first-order chi connectivity index (χ1) is 5.36. The van der Waals surface area contributed by atoms with Crippen LogP contribution in [0.1, 0.15) is 0 Å². The van der Waals surface area contributed by atoms with Crippen LogP contribution in [0.3, 0.4) is 0 Å². The third kappa shape index (κ3) is 0.958. The van der Waals surface area contributed by atoms with E-state index in [1.807, 2.05) is 0 Å². The van der Waals surface area contributed by atoms with E-state index in [0.29, 0.717) is 11.8 Å². The summed E-state index contributed by atoms with van der Waals surface area (Å²) in [5, 5.41) is 0. The summed E-state index contributed by atoms with van der Waals surface area (Å²) >= 11 is 0. The van der Waals surface area contributed by atoms with Crippen LogP contribution < -0.4 is 5.73 Å². The average Bonchev–Trinajstić information content (AvgIpc) is 2.55. The highest BCUT2D eigenvalue weighted by atomic mass is 15.2. The van der Waals surface area contributed by atoms with Gasteiger partial charge in [0.1, 0.15) is 12.1 Å². The molecule has 0 aromatic carbocycles. The van der Waals surface area contributed by atoms with Crippen LogP contribution in [0.4, 0.5) is 5.82 Å². The Kier molecular flexibility index (Phi) is 1.15. The van der Waals surface area contributed by atoms with Crippen LogP contribution in [-0.4, -0.2) is 19.5 Å². The number of nitrogens with zero attached hydrogens (tertiary/aromatic N) is 3. The van der Waals surface area contributed by atoms with Crippen molar-refractivity contribution in [3.05, 3.63) is 24.9 Å². The van der Waals surface area contributed by atoms with Crippen LogP contribution in [0.2, 0.25) is 0 Å². The summed E-state index contributed by atoms with van der Waals surface area (Å²) in [5.74, 6) is 1.20. The molecule has 0 aliphatic carbocycles. The predicted molar refractivity (Wildman–Crippen MR) is 40.1 cm³/mol. The molecule has 0 aliphatic heterocycles. The fraction of sp³-hybridized carbons (Fsp3) is 0. The number of aromatic amines is 1. The quantitative estimate of drug-likeness (QED) is 0.607. The van der Waals surface area contributed by atoms with E-state index in [4.69, 9.17) is 5.73 Å². The summed E-state index contributed by atoms with van der Waals surface area (Å²) in [6.07, 6.45) is 6.71. The smallest absolute Gasteiger partial charge is 0.212 e. The number of nitrogens with one attached hydrogen (secondary N) is 1. The number of hydrogen-bond acceptors (Lipinski definition) is 3. The van der Waals surface area contributed by atoms with Crippen molar-refractivity contribution in [1.29, 1.82) is 0 Å². The maximum atomic E-state index is 5.41. The second kappa shape index (κ2) is 2.12. The number of nitrogen functional groups attached to an aromatic ring is 1. The Morgan fingerprint density at radius 1 is 1.45 bits per heavy atom. The van der Waals surface area contributed by atoms with E-state index in [2.05, 4.69) is 15.0 Å². The van der Waals surface area contributed by atoms with Gasteiger partial charge in [-0.15, -0.1) is 0 Å². The van der Waals surface area contributed by atoms with Gasteiger partial charge in [-0.3, -0.25) is 4.57 Å². The third-order valence-corrected chi connectivity index (χ3v) is 1.33. The zero-order valence-corrected chi connectivity index (χ0v) is 5.73. The van der Waals surface area contributed by atoms with Crippen molar-refractivity contribution in [2.24, 2.45) is 0 Å². The third-order valence-electron chi connectivity index (χ3n) is 1.33. The molecule has 5 heteroatoms. The van der Waals surface area contributed by atoms with Gasteiger partial charge >= 0.3 is 0 Å². The first-order valence-corrected chi connectivity index (χ1v) is 3.15. The fourth-order valence-electron chi connectivity index (χ4n) is 0.852. The van der Waals surface area contributed by atoms with Crippen molar-refractivity contribution >= 4 is 5.82 Å². The molecule has 0 fully saturated rings. The molecule has 0 amide bonds. The van der Waals surface area contributed by atoms with E-state index in [9.17, 15) is 0 Å². The molecule has 2 heterocycles. The minimum absolute atomic E-state index is 0.487. The molecule has 2 aromatic rings. The Labute approximate surface area is 62.9 Å². The van der Waals surface area contributed by atoms with E-state index in [0.717, 1.165) is 0 Å². The van der Waals surface area contributed by atoms with Crippen molar-refractivity contribution in [3.63, 3.8) is 0 Å². The van der Waals surface area contributed by atoms with Crippen molar-refractivity contribution < 1.29 is 0 Å². The minimum Gasteiger partial charge on any atom is -0.382 e. The molecule has 0 spiro atoms. The normalized spacial score (nSPS) is 10.2. The van der Waals surface area contributed by atoms with Crippen LogP contribution in [0.25, 0.3) is 5.95 Å². The number of rotatable bonds is 1. The van der Waals surface area contributed by atoms with E-state index in [1.54, 1.807) is 29.5 Å². The first kappa shape index (κ1) is 5.96. The molecule has 0 atom stereocenters. The van der Waals surface area contributed by atoms with Crippen LogP contribution in [0, 0.1) is 0 Å². The van der Waals surface area contributed by atoms with Crippen LogP contribution in [0.5, 0.6) is 0 Å². The fourth-order valence-corrected chi connectivity index (χ4v) is 0.852. The van der Waals surface area contributed by atoms with Gasteiger partial charge in [0, 0.05) is 12.4 Å². The average molecular weight is 149 g/mol. The van der Waals surface area contributed by atoms with Crippen molar-refractivity contribution in [2.75, 3.05) is 5.73 Å². The Balaban J connectivity index is 2.45. The Morgan fingerprint density at radius 2 is 2.36 bits per heavy atom. The lowest BCUT2D eigenvalue weighted by Crippen LogP contribution is -1.91. The van der Waals surface area contributed by atoms with Gasteiger partial charge in [0.05, 0.1) is 6.20 Å². The SMILES string of the molecule is Nc1cn(-c2ncc[nH]2)cn1. The van der Waals surface area contributed by atoms with E-state index >= 15 is 0 Å². The van der Waals surface area contributed by atoms with Crippen LogP contribution >= 0.6 is 0 Å². The van der Waals surface area contributed by atoms with Crippen LogP contribution in [-0.2, 0) is 0 Å². The van der Waals surface area contributed by atoms with Gasteiger partial charge in [-0.2, -0.15) is 0 Å². The lowest BCUT2D eigenvalue weighted by molar-refractivity contribution is 0.960. The summed E-state index contributed by atoms with van der Waals surface area (Å²) in [6, 6.07) is 0. The van der Waals surface area contributed by atoms with Gasteiger partial charge in [-0.25, -0.2) is 9.97 Å². The van der Waals surface area contributed by atoms with Gasteiger partial charge in [-0.05, 0) is 0 Å². The number of hydrogen-bond donors (Lipinski definition) is 2. The highest BCUT2D eigenvalue weighted by Gasteiger charge is 1.97. The highest BCUT2D eigenvalue weighted by Crippen LogP contribution is 2.02. The lowest BCUT2D eigenvalue weighted by Gasteiger charge is -1.91. The van der Waals surface area contributed by atoms with Crippen LogP contribution in [0.15, 0.2) is 24.9 Å². The molecule has 2 rings (SSSR count). The maximum absolute atomic E-state index is 5.41. The molecule has 0 aliphatic rings. The number of H-pyrrole nitrogens is 1. The Hall–Kier alpha value is -1.78. The largest absolute Gasteiger partial charge is 0.382 e. The zero-order valence-electron chi connectivity index (χ0n) is 5.73. The minimum atomic E-state index is 0.487. The van der Waals surface area contributed by atoms with Crippen molar-refractivity contribution in [3.8, 4) is 5.95 Å². The summed E-state index contributed by atoms with van der Waals surface area (Å²) in [7, 11) is 0. The number of aromatic nitrogens is 4. The topological polar surface area (TPSA) is 72.5 Å². The predicted octanol–water partition coefficient (Wildman–Crippen LogP) is 0.178. The molecule has 11 heavy (non-hydrogen) atoms. The lowest BCUT2D eigenvalue weighted by atomic mass is 10.8. The molecule has 0 unspecified atom stereocenters. The maximum Gasteiger partial charge on any atom is 0.212 e. The summed E-state index contributed by atoms with van der Waals surface area (Å²) in [4.78, 5) is 10.8. The van der Waals surface area contributed by atoms with Crippen molar-refractivity contribution in [2.45, 2.75) is 0 Å².